The quantitative estimate of drug-likeness (QED) is 0.351. The number of nitrogens with zero attached hydrogens (tertiary/aromatic N) is 2. The molecule has 1 aliphatic heterocycles. The van der Waals surface area contributed by atoms with Crippen molar-refractivity contribution in [1.82, 2.24) is 4.98 Å². The van der Waals surface area contributed by atoms with E-state index in [0.29, 0.717) is 23.5 Å². The van der Waals surface area contributed by atoms with Crippen molar-refractivity contribution in [2.45, 2.75) is 45.1 Å². The first kappa shape index (κ1) is 26.8. The summed E-state index contributed by atoms with van der Waals surface area (Å²) in [5, 5.41) is 7.52. The van der Waals surface area contributed by atoms with Gasteiger partial charge < -0.3 is 19.6 Å². The van der Waals surface area contributed by atoms with E-state index in [1.807, 2.05) is 6.92 Å². The average molecular weight is 542 g/mol. The van der Waals surface area contributed by atoms with Crippen molar-refractivity contribution in [2.75, 3.05) is 19.0 Å². The highest BCUT2D eigenvalue weighted by atomic mass is 35.5. The molecule has 1 unspecified atom stereocenters. The van der Waals surface area contributed by atoms with E-state index < -0.39 is 11.5 Å². The van der Waals surface area contributed by atoms with Crippen molar-refractivity contribution in [3.63, 3.8) is 0 Å². The smallest absolute Gasteiger partial charge is 0.255 e. The van der Waals surface area contributed by atoms with Crippen LogP contribution in [0, 0.1) is 0 Å². The number of methoxy groups -OCH3 is 1. The fourth-order valence-electron chi connectivity index (χ4n) is 3.86. The second-order valence-corrected chi connectivity index (χ2v) is 11.0. The average Bonchev–Trinajstić information content (AvgIpc) is 3.26. The van der Waals surface area contributed by atoms with Gasteiger partial charge >= 0.3 is 0 Å². The summed E-state index contributed by atoms with van der Waals surface area (Å²) in [6.07, 6.45) is 3.38. The molecule has 0 bridgehead atoms. The summed E-state index contributed by atoms with van der Waals surface area (Å²) in [5.74, 6) is 0.474. The number of ether oxygens (including phenoxy) is 2. The summed E-state index contributed by atoms with van der Waals surface area (Å²) in [7, 11) is 1.54. The SMILES string of the molecule is COc1ccc(C(=O)Nc2c(Cl)cncc2Cl)cc1OCC1(C)CC(c2ccc(C(C)(C)C)cc2)=NO1. The lowest BCUT2D eigenvalue weighted by Crippen LogP contribution is -2.33. The molecule has 37 heavy (non-hydrogen) atoms. The van der Waals surface area contributed by atoms with Crippen LogP contribution in [0.3, 0.4) is 0 Å². The molecule has 0 radical (unpaired) electrons. The Kier molecular flexibility index (Phi) is 7.67. The van der Waals surface area contributed by atoms with Crippen LogP contribution >= 0.6 is 23.2 Å². The largest absolute Gasteiger partial charge is 0.493 e. The van der Waals surface area contributed by atoms with Gasteiger partial charge in [-0.15, -0.1) is 0 Å². The third-order valence-electron chi connectivity index (χ3n) is 6.05. The number of benzene rings is 2. The lowest BCUT2D eigenvalue weighted by Gasteiger charge is -2.23. The number of aromatic nitrogens is 1. The lowest BCUT2D eigenvalue weighted by atomic mass is 9.86. The number of amides is 1. The van der Waals surface area contributed by atoms with Crippen LogP contribution in [0.2, 0.25) is 10.0 Å². The summed E-state index contributed by atoms with van der Waals surface area (Å²) < 4.78 is 11.5. The molecule has 0 saturated heterocycles. The maximum absolute atomic E-state index is 12.9. The zero-order valence-corrected chi connectivity index (χ0v) is 22.9. The molecule has 1 atom stereocenters. The zero-order valence-electron chi connectivity index (χ0n) is 21.4. The summed E-state index contributed by atoms with van der Waals surface area (Å²) in [4.78, 5) is 22.6. The summed E-state index contributed by atoms with van der Waals surface area (Å²) in [6, 6.07) is 13.3. The molecule has 1 N–H and O–H groups in total. The van der Waals surface area contributed by atoms with Crippen LogP contribution in [0.1, 0.15) is 55.6 Å². The number of carbonyl (C=O) groups is 1. The Morgan fingerprint density at radius 1 is 1.08 bits per heavy atom. The molecule has 4 rings (SSSR count). The van der Waals surface area contributed by atoms with Gasteiger partial charge in [-0.2, -0.15) is 0 Å². The first-order valence-corrected chi connectivity index (χ1v) is 12.5. The highest BCUT2D eigenvalue weighted by molar-refractivity contribution is 6.39. The van der Waals surface area contributed by atoms with Gasteiger partial charge in [-0.05, 0) is 41.7 Å². The lowest BCUT2D eigenvalue weighted by molar-refractivity contribution is -0.0361. The first-order chi connectivity index (χ1) is 17.5. The van der Waals surface area contributed by atoms with E-state index >= 15 is 0 Å². The monoisotopic (exact) mass is 541 g/mol. The van der Waals surface area contributed by atoms with Gasteiger partial charge in [0.25, 0.3) is 5.91 Å². The molecule has 0 fully saturated rings. The minimum Gasteiger partial charge on any atom is -0.493 e. The fraction of sp³-hybridized carbons (Fsp3) is 0.321. The van der Waals surface area contributed by atoms with Crippen molar-refractivity contribution < 1.29 is 19.1 Å². The van der Waals surface area contributed by atoms with Gasteiger partial charge in [-0.3, -0.25) is 9.78 Å². The molecule has 194 valence electrons. The molecule has 1 aromatic heterocycles. The van der Waals surface area contributed by atoms with Crippen LogP contribution in [0.15, 0.2) is 60.0 Å². The van der Waals surface area contributed by atoms with Gasteiger partial charge in [0.2, 0.25) is 0 Å². The molecule has 2 aromatic carbocycles. The Labute approximate surface area is 226 Å². The van der Waals surface area contributed by atoms with Crippen LogP contribution in [0.5, 0.6) is 11.5 Å². The van der Waals surface area contributed by atoms with E-state index in [1.165, 1.54) is 25.1 Å². The zero-order chi connectivity index (χ0) is 26.8. The number of nitrogens with one attached hydrogen (secondary N) is 1. The highest BCUT2D eigenvalue weighted by Gasteiger charge is 2.36. The minimum absolute atomic E-state index is 0.0796. The van der Waals surface area contributed by atoms with Gasteiger partial charge in [0.05, 0.1) is 28.6 Å². The molecule has 0 saturated carbocycles. The van der Waals surface area contributed by atoms with Crippen LogP contribution in [-0.2, 0) is 10.3 Å². The number of oxime groups is 1. The molecular formula is C28H29Cl2N3O4. The molecule has 1 amide bonds. The van der Waals surface area contributed by atoms with Crippen LogP contribution in [0.4, 0.5) is 5.69 Å². The van der Waals surface area contributed by atoms with Crippen molar-refractivity contribution in [1.29, 1.82) is 0 Å². The van der Waals surface area contributed by atoms with Gasteiger partial charge in [-0.25, -0.2) is 0 Å². The van der Waals surface area contributed by atoms with E-state index in [1.54, 1.807) is 18.2 Å². The first-order valence-electron chi connectivity index (χ1n) is 11.8. The van der Waals surface area contributed by atoms with Gasteiger partial charge in [0.1, 0.15) is 6.61 Å². The molecule has 3 aromatic rings. The summed E-state index contributed by atoms with van der Waals surface area (Å²) >= 11 is 12.3. The van der Waals surface area contributed by atoms with Gasteiger partial charge in [-0.1, -0.05) is 73.4 Å². The molecule has 0 aliphatic carbocycles. The van der Waals surface area contributed by atoms with E-state index in [0.717, 1.165) is 11.3 Å². The van der Waals surface area contributed by atoms with E-state index in [2.05, 4.69) is 60.5 Å². The topological polar surface area (TPSA) is 82.0 Å². The van der Waals surface area contributed by atoms with Crippen LogP contribution < -0.4 is 14.8 Å². The van der Waals surface area contributed by atoms with Crippen molar-refractivity contribution in [3.05, 3.63) is 81.6 Å². The van der Waals surface area contributed by atoms with Crippen LogP contribution in [0.25, 0.3) is 0 Å². The number of halogens is 2. The van der Waals surface area contributed by atoms with E-state index in [9.17, 15) is 4.79 Å². The van der Waals surface area contributed by atoms with E-state index in [-0.39, 0.29) is 27.8 Å². The number of rotatable bonds is 7. The van der Waals surface area contributed by atoms with E-state index in [4.69, 9.17) is 37.5 Å². The second kappa shape index (κ2) is 10.6. The third-order valence-corrected chi connectivity index (χ3v) is 6.63. The van der Waals surface area contributed by atoms with Gasteiger partial charge in [0, 0.05) is 24.4 Å². The van der Waals surface area contributed by atoms with Gasteiger partial charge in [0.15, 0.2) is 17.1 Å². The van der Waals surface area contributed by atoms with Crippen LogP contribution in [-0.4, -0.2) is 35.9 Å². The Hall–Kier alpha value is -3.29. The number of anilines is 1. The number of hydrogen-bond donors (Lipinski definition) is 1. The molecular weight excluding hydrogens is 513 g/mol. The summed E-state index contributed by atoms with van der Waals surface area (Å²) in [6.45, 7) is 8.68. The molecule has 7 nitrogen and oxygen atoms in total. The normalized spacial score (nSPS) is 17.1. The maximum atomic E-state index is 12.9. The Morgan fingerprint density at radius 2 is 1.76 bits per heavy atom. The number of hydrogen-bond acceptors (Lipinski definition) is 6. The Balaban J connectivity index is 1.44. The third kappa shape index (κ3) is 6.17. The fourth-order valence-corrected chi connectivity index (χ4v) is 4.32. The highest BCUT2D eigenvalue weighted by Crippen LogP contribution is 2.34. The number of pyridine rings is 1. The predicted octanol–water partition coefficient (Wildman–Crippen LogP) is 6.91. The standard InChI is InChI=1S/C28H29Cl2N3O4/c1-27(2,3)19-9-6-17(7-10-19)22-13-28(4,37-33-22)16-36-24-12-18(8-11-23(24)35-5)26(34)32-25-20(29)14-31-15-21(25)30/h6-12,14-15H,13,16H2,1-5H3,(H,31,32,34). The molecule has 0 spiro atoms. The Bertz CT molecular complexity index is 1320. The van der Waals surface area contributed by atoms with Crippen molar-refractivity contribution in [2.24, 2.45) is 5.16 Å². The molecule has 2 heterocycles. The molecule has 1 aliphatic rings. The Morgan fingerprint density at radius 3 is 2.38 bits per heavy atom. The second-order valence-electron chi connectivity index (χ2n) is 10.2. The van der Waals surface area contributed by atoms with Crippen molar-refractivity contribution in [3.8, 4) is 11.5 Å². The maximum Gasteiger partial charge on any atom is 0.255 e. The van der Waals surface area contributed by atoms with Crippen molar-refractivity contribution >= 4 is 40.5 Å². The predicted molar refractivity (Wildman–Crippen MR) is 146 cm³/mol. The summed E-state index contributed by atoms with van der Waals surface area (Å²) in [5.41, 5.74) is 3.16. The number of carbonyl (C=O) groups excluding carboxylic acids is 1. The minimum atomic E-state index is -0.681. The molecule has 9 heteroatoms.